The summed E-state index contributed by atoms with van der Waals surface area (Å²) >= 11 is 0. The van der Waals surface area contributed by atoms with Crippen molar-refractivity contribution in [3.63, 3.8) is 0 Å². The number of rotatable bonds is 5. The zero-order valence-corrected chi connectivity index (χ0v) is 17.4. The summed E-state index contributed by atoms with van der Waals surface area (Å²) < 4.78 is 39.7. The Labute approximate surface area is 182 Å². The molecule has 0 saturated carbocycles. The molecule has 0 radical (unpaired) electrons. The van der Waals surface area contributed by atoms with E-state index in [4.69, 9.17) is 19.8 Å². The monoisotopic (exact) mass is 469 g/mol. The van der Waals surface area contributed by atoms with Crippen LogP contribution in [0.4, 0.5) is 10.1 Å². The fourth-order valence-corrected chi connectivity index (χ4v) is 4.29. The number of hydrogen-bond donors (Lipinski definition) is 2. The van der Waals surface area contributed by atoms with Crippen molar-refractivity contribution >= 4 is 27.6 Å². The third-order valence-electron chi connectivity index (χ3n) is 4.52. The van der Waals surface area contributed by atoms with Gasteiger partial charge in [0.15, 0.2) is 0 Å². The lowest BCUT2D eigenvalue weighted by Gasteiger charge is -2.34. The van der Waals surface area contributed by atoms with Crippen LogP contribution in [0.25, 0.3) is 0 Å². The van der Waals surface area contributed by atoms with E-state index >= 15 is 0 Å². The Hall–Kier alpha value is -3.42. The Morgan fingerprint density at radius 3 is 1.88 bits per heavy atom. The van der Waals surface area contributed by atoms with Gasteiger partial charge >= 0.3 is 11.9 Å². The maximum Gasteiger partial charge on any atom is 0.414 e. The Balaban J connectivity index is 0.000000534. The number of carboxylic acids is 2. The number of carbonyl (C=O) groups is 2. The largest absolute Gasteiger partial charge is 0.473 e. The number of carboxylic acid groups (broad SMARTS) is 2. The predicted octanol–water partition coefficient (Wildman–Crippen LogP) is 1.40. The van der Waals surface area contributed by atoms with Crippen LogP contribution in [0.2, 0.25) is 0 Å². The molecule has 0 unspecified atom stereocenters. The zero-order valence-electron chi connectivity index (χ0n) is 16.6. The van der Waals surface area contributed by atoms with Gasteiger partial charge in [-0.25, -0.2) is 22.4 Å². The van der Waals surface area contributed by atoms with E-state index in [1.54, 1.807) is 12.1 Å². The molecule has 2 aromatic rings. The quantitative estimate of drug-likeness (QED) is 0.375. The van der Waals surface area contributed by atoms with E-state index in [0.29, 0.717) is 32.7 Å². The molecule has 0 aromatic heterocycles. The van der Waals surface area contributed by atoms with E-state index in [2.05, 4.69) is 4.90 Å². The summed E-state index contributed by atoms with van der Waals surface area (Å²) in [4.78, 5) is 30.5. The van der Waals surface area contributed by atoms with Gasteiger partial charge in [-0.2, -0.15) is 4.31 Å². The van der Waals surface area contributed by atoms with Crippen LogP contribution in [-0.4, -0.2) is 70.9 Å². The molecule has 1 aliphatic rings. The van der Waals surface area contributed by atoms with Crippen molar-refractivity contribution < 1.29 is 37.5 Å². The van der Waals surface area contributed by atoms with Crippen molar-refractivity contribution in [2.45, 2.75) is 11.4 Å². The standard InChI is InChI=1S/C17H18FN3O4S.C2H2O4/c18-15-3-1-14(2-4-15)13-19-9-11-20(12-10-19)26(24,25)17-7-5-16(6-8-17)21(22)23;3-1(4)2(5)6/h1-8H,9-13H2;(H,3,4)(H,5,6). The zero-order chi connectivity index (χ0) is 23.9. The molecule has 13 heteroatoms. The number of piperazine rings is 1. The number of sulfonamides is 1. The minimum Gasteiger partial charge on any atom is -0.473 e. The molecule has 172 valence electrons. The number of aliphatic carboxylic acids is 2. The third-order valence-corrected chi connectivity index (χ3v) is 6.43. The summed E-state index contributed by atoms with van der Waals surface area (Å²) in [6.45, 7) is 2.42. The van der Waals surface area contributed by atoms with Crippen LogP contribution in [0, 0.1) is 15.9 Å². The predicted molar refractivity (Wildman–Crippen MR) is 109 cm³/mol. The smallest absolute Gasteiger partial charge is 0.414 e. The van der Waals surface area contributed by atoms with Crippen LogP contribution in [0.1, 0.15) is 5.56 Å². The molecular formula is C19H20FN3O8S. The molecule has 0 amide bonds. The average Bonchev–Trinajstić information content (AvgIpc) is 2.76. The van der Waals surface area contributed by atoms with Crippen molar-refractivity contribution in [1.82, 2.24) is 9.21 Å². The fourth-order valence-electron chi connectivity index (χ4n) is 2.86. The van der Waals surface area contributed by atoms with Gasteiger partial charge in [0, 0.05) is 44.9 Å². The number of nitro benzene ring substituents is 1. The van der Waals surface area contributed by atoms with Crippen molar-refractivity contribution in [2.75, 3.05) is 26.2 Å². The Morgan fingerprint density at radius 1 is 0.938 bits per heavy atom. The molecule has 1 heterocycles. The van der Waals surface area contributed by atoms with Gasteiger partial charge in [-0.05, 0) is 29.8 Å². The molecule has 0 aliphatic carbocycles. The van der Waals surface area contributed by atoms with Crippen molar-refractivity contribution in [3.05, 3.63) is 70.0 Å². The number of hydrogen-bond acceptors (Lipinski definition) is 7. The first kappa shape index (κ1) is 24.8. The molecule has 32 heavy (non-hydrogen) atoms. The maximum atomic E-state index is 13.0. The van der Waals surface area contributed by atoms with E-state index in [9.17, 15) is 22.9 Å². The van der Waals surface area contributed by atoms with Gasteiger partial charge in [-0.1, -0.05) is 12.1 Å². The minimum absolute atomic E-state index is 0.0510. The molecule has 1 fully saturated rings. The van der Waals surface area contributed by atoms with Crippen LogP contribution in [0.3, 0.4) is 0 Å². The first-order valence-corrected chi connectivity index (χ1v) is 10.6. The van der Waals surface area contributed by atoms with E-state index in [1.165, 1.54) is 40.7 Å². The van der Waals surface area contributed by atoms with E-state index in [-0.39, 0.29) is 16.4 Å². The van der Waals surface area contributed by atoms with Gasteiger partial charge in [-0.15, -0.1) is 0 Å². The second kappa shape index (κ2) is 10.7. The number of nitrogens with zero attached hydrogens (tertiary/aromatic N) is 3. The Morgan fingerprint density at radius 2 is 1.44 bits per heavy atom. The number of halogens is 1. The van der Waals surface area contributed by atoms with Gasteiger partial charge < -0.3 is 10.2 Å². The molecule has 1 saturated heterocycles. The highest BCUT2D eigenvalue weighted by Gasteiger charge is 2.28. The average molecular weight is 469 g/mol. The van der Waals surface area contributed by atoms with Crippen LogP contribution < -0.4 is 0 Å². The van der Waals surface area contributed by atoms with Crippen LogP contribution in [0.15, 0.2) is 53.4 Å². The van der Waals surface area contributed by atoms with Gasteiger partial charge in [-0.3, -0.25) is 15.0 Å². The lowest BCUT2D eigenvalue weighted by Crippen LogP contribution is -2.48. The summed E-state index contributed by atoms with van der Waals surface area (Å²) in [5.74, 6) is -3.93. The summed E-state index contributed by atoms with van der Waals surface area (Å²) in [7, 11) is -3.67. The minimum atomic E-state index is -3.67. The number of non-ortho nitro benzene ring substituents is 1. The molecule has 3 rings (SSSR count). The molecule has 0 spiro atoms. The normalized spacial score (nSPS) is 14.8. The fraction of sp³-hybridized carbons (Fsp3) is 0.263. The summed E-state index contributed by atoms with van der Waals surface area (Å²) in [6.07, 6.45) is 0. The molecule has 2 aromatic carbocycles. The molecular weight excluding hydrogens is 449 g/mol. The van der Waals surface area contributed by atoms with Crippen LogP contribution in [-0.2, 0) is 26.2 Å². The summed E-state index contributed by atoms with van der Waals surface area (Å²) in [5.41, 5.74) is 0.825. The lowest BCUT2D eigenvalue weighted by atomic mass is 10.2. The highest BCUT2D eigenvalue weighted by molar-refractivity contribution is 7.89. The van der Waals surface area contributed by atoms with Crippen LogP contribution in [0.5, 0.6) is 0 Å². The van der Waals surface area contributed by atoms with Crippen molar-refractivity contribution in [1.29, 1.82) is 0 Å². The highest BCUT2D eigenvalue weighted by Crippen LogP contribution is 2.21. The van der Waals surface area contributed by atoms with Gasteiger partial charge in [0.05, 0.1) is 9.82 Å². The van der Waals surface area contributed by atoms with Gasteiger partial charge in [0.25, 0.3) is 5.69 Å². The second-order valence-corrected chi connectivity index (χ2v) is 8.61. The molecule has 1 aliphatic heterocycles. The Kier molecular flexibility index (Phi) is 8.34. The molecule has 0 bridgehead atoms. The number of nitro groups is 1. The van der Waals surface area contributed by atoms with Crippen molar-refractivity contribution in [3.8, 4) is 0 Å². The van der Waals surface area contributed by atoms with Gasteiger partial charge in [0.2, 0.25) is 10.0 Å². The van der Waals surface area contributed by atoms with Crippen LogP contribution >= 0.6 is 0 Å². The molecule has 2 N–H and O–H groups in total. The van der Waals surface area contributed by atoms with Crippen molar-refractivity contribution in [2.24, 2.45) is 0 Å². The third kappa shape index (κ3) is 6.80. The second-order valence-electron chi connectivity index (χ2n) is 6.67. The highest BCUT2D eigenvalue weighted by atomic mass is 32.2. The first-order valence-electron chi connectivity index (χ1n) is 9.18. The summed E-state index contributed by atoms with van der Waals surface area (Å²) in [5, 5.41) is 25.5. The first-order chi connectivity index (χ1) is 15.0. The van der Waals surface area contributed by atoms with E-state index < -0.39 is 26.9 Å². The van der Waals surface area contributed by atoms with E-state index in [0.717, 1.165) is 5.56 Å². The SMILES string of the molecule is O=C(O)C(=O)O.O=[N+]([O-])c1ccc(S(=O)(=O)N2CCN(Cc3ccc(F)cc3)CC2)cc1. The lowest BCUT2D eigenvalue weighted by molar-refractivity contribution is -0.384. The van der Waals surface area contributed by atoms with E-state index in [1.807, 2.05) is 0 Å². The number of benzene rings is 2. The summed E-state index contributed by atoms with van der Waals surface area (Å²) in [6, 6.07) is 11.2. The topological polar surface area (TPSA) is 158 Å². The van der Waals surface area contributed by atoms with Gasteiger partial charge in [0.1, 0.15) is 5.82 Å². The molecule has 11 nitrogen and oxygen atoms in total. The maximum absolute atomic E-state index is 13.0. The molecule has 0 atom stereocenters. The Bertz CT molecular complexity index is 1050.